The Morgan fingerprint density at radius 2 is 1.50 bits per heavy atom. The molecule has 236 valence electrons. The quantitative estimate of drug-likeness (QED) is 0.194. The van der Waals surface area contributed by atoms with Crippen LogP contribution < -0.4 is 15.2 Å². The van der Waals surface area contributed by atoms with E-state index in [1.54, 1.807) is 6.08 Å². The molecule has 12 heteroatoms. The summed E-state index contributed by atoms with van der Waals surface area (Å²) in [6.45, 7) is 2.18. The molecule has 3 aromatic rings. The highest BCUT2D eigenvalue weighted by atomic mass is 32.2. The second-order valence-electron chi connectivity index (χ2n) is 10.3. The number of hydrogen-bond acceptors (Lipinski definition) is 11. The zero-order valence-corrected chi connectivity index (χ0v) is 25.7. The first-order valence-corrected chi connectivity index (χ1v) is 15.3. The minimum absolute atomic E-state index is 0.0272. The van der Waals surface area contributed by atoms with Gasteiger partial charge in [0.15, 0.2) is 17.6 Å². The number of carbonyl (C=O) groups excluding carboxylic acids is 5. The summed E-state index contributed by atoms with van der Waals surface area (Å²) in [7, 11) is 0. The maximum atomic E-state index is 13.8. The van der Waals surface area contributed by atoms with Crippen molar-refractivity contribution >= 4 is 41.5 Å². The van der Waals surface area contributed by atoms with Crippen LogP contribution in [0.15, 0.2) is 102 Å². The maximum absolute atomic E-state index is 13.8. The van der Waals surface area contributed by atoms with Crippen molar-refractivity contribution in [3.05, 3.63) is 119 Å². The second-order valence-corrected chi connectivity index (χ2v) is 11.4. The molecule has 2 aliphatic rings. The van der Waals surface area contributed by atoms with Gasteiger partial charge in [0.1, 0.15) is 23.7 Å². The fourth-order valence-electron chi connectivity index (χ4n) is 4.91. The van der Waals surface area contributed by atoms with Gasteiger partial charge in [0.2, 0.25) is 5.91 Å². The predicted molar refractivity (Wildman–Crippen MR) is 167 cm³/mol. The van der Waals surface area contributed by atoms with Gasteiger partial charge in [-0.05, 0) is 41.0 Å². The van der Waals surface area contributed by atoms with Crippen LogP contribution in [-0.2, 0) is 28.7 Å². The molecule has 2 atom stereocenters. The SMILES string of the molecule is CC(=O)Oc1ccc(C(=O)OC/C=C/C2=C(C(=O)OC(c3ccccc3)c3ccccc3)N3C(=O)C(N)[C@@H]3SC2)cc1OC(C)=O. The molecule has 0 bridgehead atoms. The average Bonchev–Trinajstić information content (AvgIpc) is 3.05. The Bertz CT molecular complexity index is 1680. The lowest BCUT2D eigenvalue weighted by Gasteiger charge is -2.48. The number of nitrogens with two attached hydrogens (primary N) is 1. The molecule has 3 aromatic carbocycles. The third-order valence-electron chi connectivity index (χ3n) is 6.98. The molecule has 0 aromatic heterocycles. The maximum Gasteiger partial charge on any atom is 0.356 e. The number of allylic oxidation sites excluding steroid dienone is 1. The standard InChI is InChI=1S/C34H30N2O9S/c1-20(37)43-26-16-15-24(18-27(26)44-21(2)38)33(40)42-17-9-14-25-19-46-32-28(35)31(39)36(32)29(25)34(41)45-30(22-10-5-3-6-11-22)23-12-7-4-8-13-23/h3-16,18,28,30,32H,17,19,35H2,1-2H3/b14-9+/t28?,32-/m0/s1. The van der Waals surface area contributed by atoms with Crippen molar-refractivity contribution < 1.29 is 42.9 Å². The molecule has 1 saturated heterocycles. The summed E-state index contributed by atoms with van der Waals surface area (Å²) in [5, 5.41) is -0.404. The molecule has 2 N–H and O–H groups in total. The van der Waals surface area contributed by atoms with Crippen LogP contribution >= 0.6 is 11.8 Å². The van der Waals surface area contributed by atoms with E-state index in [-0.39, 0.29) is 29.4 Å². The van der Waals surface area contributed by atoms with Crippen molar-refractivity contribution in [1.82, 2.24) is 4.90 Å². The highest BCUT2D eigenvalue weighted by Crippen LogP contribution is 2.41. The third kappa shape index (κ3) is 7.19. The normalized spacial score (nSPS) is 17.3. The van der Waals surface area contributed by atoms with Crippen molar-refractivity contribution in [2.45, 2.75) is 31.4 Å². The number of fused-ring (bicyclic) bond motifs is 1. The van der Waals surface area contributed by atoms with Crippen LogP contribution in [0.2, 0.25) is 0 Å². The number of carbonyl (C=O) groups is 5. The number of esters is 4. The zero-order chi connectivity index (χ0) is 32.8. The van der Waals surface area contributed by atoms with E-state index in [4.69, 9.17) is 24.7 Å². The number of rotatable bonds is 10. The molecule has 46 heavy (non-hydrogen) atoms. The van der Waals surface area contributed by atoms with E-state index in [0.717, 1.165) is 11.1 Å². The van der Waals surface area contributed by atoms with E-state index in [0.29, 0.717) is 11.3 Å². The van der Waals surface area contributed by atoms with Gasteiger partial charge in [-0.1, -0.05) is 66.7 Å². The van der Waals surface area contributed by atoms with Gasteiger partial charge in [-0.2, -0.15) is 0 Å². The van der Waals surface area contributed by atoms with Crippen LogP contribution in [0.1, 0.15) is 41.4 Å². The number of thioether (sulfide) groups is 1. The van der Waals surface area contributed by atoms with Gasteiger partial charge >= 0.3 is 23.9 Å². The van der Waals surface area contributed by atoms with Gasteiger partial charge in [-0.15, -0.1) is 11.8 Å². The van der Waals surface area contributed by atoms with Gasteiger partial charge < -0.3 is 24.7 Å². The molecule has 5 rings (SSSR count). The van der Waals surface area contributed by atoms with E-state index < -0.39 is 47.3 Å². The molecule has 1 fully saturated rings. The van der Waals surface area contributed by atoms with Crippen molar-refractivity contribution in [1.29, 1.82) is 0 Å². The van der Waals surface area contributed by atoms with E-state index >= 15 is 0 Å². The number of nitrogens with zero attached hydrogens (tertiary/aromatic N) is 1. The predicted octanol–water partition coefficient (Wildman–Crippen LogP) is 4.08. The molecule has 0 aliphatic carbocycles. The minimum atomic E-state index is -0.739. The lowest BCUT2D eigenvalue weighted by Crippen LogP contribution is -2.68. The summed E-state index contributed by atoms with van der Waals surface area (Å²) < 4.78 is 21.5. The lowest BCUT2D eigenvalue weighted by atomic mass is 10.0. The minimum Gasteiger partial charge on any atom is -0.458 e. The summed E-state index contributed by atoms with van der Waals surface area (Å²) in [5.74, 6) is -2.90. The van der Waals surface area contributed by atoms with Crippen LogP contribution in [-0.4, -0.2) is 58.5 Å². The number of hydrogen-bond donors (Lipinski definition) is 1. The third-order valence-corrected chi connectivity index (χ3v) is 8.30. The van der Waals surface area contributed by atoms with Crippen LogP contribution in [0.25, 0.3) is 0 Å². The molecule has 0 radical (unpaired) electrons. The van der Waals surface area contributed by atoms with E-state index in [1.165, 1.54) is 54.8 Å². The molecule has 1 unspecified atom stereocenters. The fourth-order valence-corrected chi connectivity index (χ4v) is 6.18. The molecule has 2 aliphatic heterocycles. The van der Waals surface area contributed by atoms with Crippen molar-refractivity contribution in [2.75, 3.05) is 12.4 Å². The number of benzene rings is 3. The summed E-state index contributed by atoms with van der Waals surface area (Å²) in [5.41, 5.74) is 8.20. The topological polar surface area (TPSA) is 152 Å². The van der Waals surface area contributed by atoms with E-state index in [9.17, 15) is 24.0 Å². The van der Waals surface area contributed by atoms with E-state index in [2.05, 4.69) is 0 Å². The Morgan fingerprint density at radius 3 is 2.11 bits per heavy atom. The Hall–Kier alpha value is -5.20. The average molecular weight is 643 g/mol. The summed E-state index contributed by atoms with van der Waals surface area (Å²) in [6, 6.07) is 21.8. The van der Waals surface area contributed by atoms with Crippen LogP contribution in [0.4, 0.5) is 0 Å². The lowest BCUT2D eigenvalue weighted by molar-refractivity contribution is -0.153. The Kier molecular flexibility index (Phi) is 9.99. The smallest absolute Gasteiger partial charge is 0.356 e. The molecule has 0 saturated carbocycles. The zero-order valence-electron chi connectivity index (χ0n) is 24.9. The van der Waals surface area contributed by atoms with Crippen LogP contribution in [0, 0.1) is 0 Å². The largest absolute Gasteiger partial charge is 0.458 e. The van der Waals surface area contributed by atoms with Crippen molar-refractivity contribution in [3.63, 3.8) is 0 Å². The summed E-state index contributed by atoms with van der Waals surface area (Å²) >= 11 is 1.42. The summed E-state index contributed by atoms with van der Waals surface area (Å²) in [4.78, 5) is 63.6. The Labute approximate surface area is 268 Å². The van der Waals surface area contributed by atoms with Gasteiger partial charge in [0, 0.05) is 19.6 Å². The molecule has 11 nitrogen and oxygen atoms in total. The van der Waals surface area contributed by atoms with Crippen LogP contribution in [0.5, 0.6) is 11.5 Å². The molecule has 2 heterocycles. The van der Waals surface area contributed by atoms with Gasteiger partial charge in [0.25, 0.3) is 0 Å². The van der Waals surface area contributed by atoms with E-state index in [1.807, 2.05) is 60.7 Å². The first kappa shape index (κ1) is 32.2. The van der Waals surface area contributed by atoms with Crippen molar-refractivity contribution in [3.8, 4) is 11.5 Å². The van der Waals surface area contributed by atoms with Crippen LogP contribution in [0.3, 0.4) is 0 Å². The van der Waals surface area contributed by atoms with Gasteiger partial charge in [0.05, 0.1) is 5.56 Å². The molecular weight excluding hydrogens is 612 g/mol. The van der Waals surface area contributed by atoms with Gasteiger partial charge in [-0.3, -0.25) is 19.3 Å². The summed E-state index contributed by atoms with van der Waals surface area (Å²) in [6.07, 6.45) is 2.42. The number of β-lactam (4-membered cyclic amide) rings is 1. The highest BCUT2D eigenvalue weighted by molar-refractivity contribution is 8.00. The molecular formula is C34H30N2O9S. The fraction of sp³-hybridized carbons (Fsp3) is 0.206. The molecule has 0 spiro atoms. The second kappa shape index (κ2) is 14.3. The Balaban J connectivity index is 1.35. The van der Waals surface area contributed by atoms with Gasteiger partial charge in [-0.25, -0.2) is 9.59 Å². The molecule has 1 amide bonds. The Morgan fingerprint density at radius 1 is 0.891 bits per heavy atom. The first-order chi connectivity index (χ1) is 22.1. The first-order valence-electron chi connectivity index (χ1n) is 14.2. The number of ether oxygens (including phenoxy) is 4. The monoisotopic (exact) mass is 642 g/mol. The van der Waals surface area contributed by atoms with Crippen molar-refractivity contribution in [2.24, 2.45) is 5.73 Å². The highest BCUT2D eigenvalue weighted by Gasteiger charge is 2.52. The number of amides is 1.